The maximum Gasteiger partial charge on any atom is 0.267 e. The first-order valence-electron chi connectivity index (χ1n) is 8.72. The summed E-state index contributed by atoms with van der Waals surface area (Å²) in [5.74, 6) is 0.363. The molecule has 2 N–H and O–H groups in total. The Morgan fingerprint density at radius 3 is 2.89 bits per heavy atom. The van der Waals surface area contributed by atoms with Gasteiger partial charge in [0.15, 0.2) is 0 Å². The van der Waals surface area contributed by atoms with Crippen LogP contribution < -0.4 is 15.6 Å². The van der Waals surface area contributed by atoms with Crippen LogP contribution in [0.1, 0.15) is 0 Å². The Morgan fingerprint density at radius 1 is 1.14 bits per heavy atom. The van der Waals surface area contributed by atoms with E-state index >= 15 is 0 Å². The van der Waals surface area contributed by atoms with Crippen LogP contribution in [0.3, 0.4) is 0 Å². The van der Waals surface area contributed by atoms with Gasteiger partial charge in [0.2, 0.25) is 5.91 Å². The fourth-order valence-electron chi connectivity index (χ4n) is 2.97. The minimum atomic E-state index is -0.345. The summed E-state index contributed by atoms with van der Waals surface area (Å²) in [5.41, 5.74) is 2.69. The van der Waals surface area contributed by atoms with Crippen molar-refractivity contribution in [2.24, 2.45) is 0 Å². The van der Waals surface area contributed by atoms with Crippen LogP contribution in [0.4, 0.5) is 5.69 Å². The molecule has 0 saturated heterocycles. The number of nitrogens with zero attached hydrogens (tertiary/aromatic N) is 2. The highest BCUT2D eigenvalue weighted by molar-refractivity contribution is 5.93. The van der Waals surface area contributed by atoms with Crippen molar-refractivity contribution in [2.45, 2.75) is 6.54 Å². The number of amides is 1. The SMILES string of the molecule is COc1cccc(-c2ccc(=O)n(CC(=O)Nc3ccc4[nH]ccc4c3)n2)c1. The molecule has 0 bridgehead atoms. The second-order valence-corrected chi connectivity index (χ2v) is 6.27. The van der Waals surface area contributed by atoms with Crippen LogP contribution in [0.5, 0.6) is 5.75 Å². The van der Waals surface area contributed by atoms with E-state index < -0.39 is 0 Å². The van der Waals surface area contributed by atoms with Gasteiger partial charge >= 0.3 is 0 Å². The predicted molar refractivity (Wildman–Crippen MR) is 107 cm³/mol. The van der Waals surface area contributed by atoms with Gasteiger partial charge in [-0.05, 0) is 42.5 Å². The fourth-order valence-corrected chi connectivity index (χ4v) is 2.97. The molecule has 28 heavy (non-hydrogen) atoms. The molecular weight excluding hydrogens is 356 g/mol. The molecule has 7 nitrogen and oxygen atoms in total. The van der Waals surface area contributed by atoms with E-state index in [1.54, 1.807) is 19.2 Å². The van der Waals surface area contributed by atoms with Crippen molar-refractivity contribution in [3.8, 4) is 17.0 Å². The third-order valence-electron chi connectivity index (χ3n) is 4.36. The van der Waals surface area contributed by atoms with E-state index in [2.05, 4.69) is 15.4 Å². The molecule has 0 aliphatic carbocycles. The van der Waals surface area contributed by atoms with Crippen molar-refractivity contribution in [1.82, 2.24) is 14.8 Å². The van der Waals surface area contributed by atoms with Crippen LogP contribution in [-0.4, -0.2) is 27.8 Å². The van der Waals surface area contributed by atoms with Crippen molar-refractivity contribution in [3.63, 3.8) is 0 Å². The second-order valence-electron chi connectivity index (χ2n) is 6.27. The van der Waals surface area contributed by atoms with Gasteiger partial charge in [-0.3, -0.25) is 9.59 Å². The number of nitrogens with one attached hydrogen (secondary N) is 2. The third kappa shape index (κ3) is 3.64. The van der Waals surface area contributed by atoms with E-state index in [-0.39, 0.29) is 18.0 Å². The Hall–Kier alpha value is -3.87. The summed E-state index contributed by atoms with van der Waals surface area (Å²) in [7, 11) is 1.59. The largest absolute Gasteiger partial charge is 0.497 e. The molecule has 0 unspecified atom stereocenters. The van der Waals surface area contributed by atoms with Gasteiger partial charge in [0, 0.05) is 34.4 Å². The summed E-state index contributed by atoms with van der Waals surface area (Å²) >= 11 is 0. The number of hydrogen-bond donors (Lipinski definition) is 2. The highest BCUT2D eigenvalue weighted by atomic mass is 16.5. The lowest BCUT2D eigenvalue weighted by Gasteiger charge is -2.09. The summed E-state index contributed by atoms with van der Waals surface area (Å²) in [6, 6.07) is 17.9. The molecule has 0 aliphatic heterocycles. The number of carbonyl (C=O) groups is 1. The zero-order chi connectivity index (χ0) is 19.5. The molecule has 4 rings (SSSR count). The fraction of sp³-hybridized carbons (Fsp3) is 0.0952. The topological polar surface area (TPSA) is 89.0 Å². The van der Waals surface area contributed by atoms with Gasteiger partial charge in [-0.15, -0.1) is 0 Å². The molecule has 0 radical (unpaired) electrons. The molecule has 4 aromatic rings. The summed E-state index contributed by atoms with van der Waals surface area (Å²) in [6.45, 7) is -0.179. The van der Waals surface area contributed by atoms with Gasteiger partial charge in [-0.1, -0.05) is 12.1 Å². The van der Waals surface area contributed by atoms with Gasteiger partial charge in [-0.2, -0.15) is 5.10 Å². The quantitative estimate of drug-likeness (QED) is 0.562. The summed E-state index contributed by atoms with van der Waals surface area (Å²) in [6.07, 6.45) is 1.84. The van der Waals surface area contributed by atoms with E-state index in [4.69, 9.17) is 4.74 Å². The molecule has 0 fully saturated rings. The number of hydrogen-bond acceptors (Lipinski definition) is 4. The number of carbonyl (C=O) groups excluding carboxylic acids is 1. The number of benzene rings is 2. The van der Waals surface area contributed by atoms with Gasteiger partial charge in [-0.25, -0.2) is 4.68 Å². The van der Waals surface area contributed by atoms with Crippen molar-refractivity contribution >= 4 is 22.5 Å². The second kappa shape index (κ2) is 7.40. The van der Waals surface area contributed by atoms with E-state index in [1.165, 1.54) is 6.07 Å². The van der Waals surface area contributed by atoms with Crippen LogP contribution in [0, 0.1) is 0 Å². The lowest BCUT2D eigenvalue weighted by Crippen LogP contribution is -2.29. The van der Waals surface area contributed by atoms with Crippen molar-refractivity contribution in [3.05, 3.63) is 77.2 Å². The lowest BCUT2D eigenvalue weighted by atomic mass is 10.1. The van der Waals surface area contributed by atoms with Crippen LogP contribution in [0.25, 0.3) is 22.2 Å². The Bertz CT molecular complexity index is 1210. The van der Waals surface area contributed by atoms with Gasteiger partial charge in [0.05, 0.1) is 12.8 Å². The van der Waals surface area contributed by atoms with E-state index in [0.717, 1.165) is 21.1 Å². The van der Waals surface area contributed by atoms with E-state index in [9.17, 15) is 9.59 Å². The number of fused-ring (bicyclic) bond motifs is 1. The van der Waals surface area contributed by atoms with E-state index in [0.29, 0.717) is 17.1 Å². The van der Waals surface area contributed by atoms with Crippen LogP contribution in [-0.2, 0) is 11.3 Å². The molecule has 7 heteroatoms. The van der Waals surface area contributed by atoms with Gasteiger partial charge in [0.25, 0.3) is 5.56 Å². The minimum absolute atomic E-state index is 0.179. The predicted octanol–water partition coefficient (Wildman–Crippen LogP) is 3.04. The van der Waals surface area contributed by atoms with E-state index in [1.807, 2.05) is 48.7 Å². The molecule has 0 atom stereocenters. The first-order valence-corrected chi connectivity index (χ1v) is 8.72. The zero-order valence-corrected chi connectivity index (χ0v) is 15.2. The first-order chi connectivity index (χ1) is 13.6. The molecule has 1 amide bonds. The summed E-state index contributed by atoms with van der Waals surface area (Å²) in [4.78, 5) is 27.7. The average molecular weight is 374 g/mol. The highest BCUT2D eigenvalue weighted by Gasteiger charge is 2.09. The minimum Gasteiger partial charge on any atom is -0.497 e. The summed E-state index contributed by atoms with van der Waals surface area (Å²) < 4.78 is 6.38. The normalized spacial score (nSPS) is 10.8. The Labute approximate surface area is 160 Å². The molecule has 2 aromatic heterocycles. The maximum absolute atomic E-state index is 12.4. The molecule has 0 spiro atoms. The van der Waals surface area contributed by atoms with Crippen LogP contribution in [0.2, 0.25) is 0 Å². The molecule has 0 aliphatic rings. The standard InChI is InChI=1S/C21H18N4O3/c1-28-17-4-2-3-14(12-17)19-7-8-21(27)25(24-19)13-20(26)23-16-5-6-18-15(11-16)9-10-22-18/h2-12,22H,13H2,1H3,(H,23,26). The molecular formula is C21H18N4O3. The average Bonchev–Trinajstić information content (AvgIpc) is 3.17. The van der Waals surface area contributed by atoms with Gasteiger partial charge in [0.1, 0.15) is 12.3 Å². The number of aromatic nitrogens is 3. The third-order valence-corrected chi connectivity index (χ3v) is 4.36. The Balaban J connectivity index is 1.54. The van der Waals surface area contributed by atoms with Gasteiger partial charge < -0.3 is 15.0 Å². The Kier molecular flexibility index (Phi) is 4.63. The lowest BCUT2D eigenvalue weighted by molar-refractivity contribution is -0.117. The Morgan fingerprint density at radius 2 is 2.04 bits per heavy atom. The molecule has 140 valence electrons. The molecule has 2 aromatic carbocycles. The number of H-pyrrole nitrogens is 1. The van der Waals surface area contributed by atoms with Crippen molar-refractivity contribution in [2.75, 3.05) is 12.4 Å². The number of ether oxygens (including phenoxy) is 1. The summed E-state index contributed by atoms with van der Waals surface area (Å²) in [5, 5.41) is 8.12. The molecule has 2 heterocycles. The van der Waals surface area contributed by atoms with Crippen LogP contribution in [0.15, 0.2) is 71.7 Å². The smallest absolute Gasteiger partial charge is 0.267 e. The number of methoxy groups -OCH3 is 1. The highest BCUT2D eigenvalue weighted by Crippen LogP contribution is 2.21. The van der Waals surface area contributed by atoms with Crippen LogP contribution >= 0.6 is 0 Å². The monoisotopic (exact) mass is 374 g/mol. The zero-order valence-electron chi connectivity index (χ0n) is 15.2. The number of aromatic amines is 1. The first kappa shape index (κ1) is 17.5. The number of anilines is 1. The van der Waals surface area contributed by atoms with Crippen molar-refractivity contribution in [1.29, 1.82) is 0 Å². The molecule has 0 saturated carbocycles. The number of rotatable bonds is 5. The van der Waals surface area contributed by atoms with Crippen molar-refractivity contribution < 1.29 is 9.53 Å². The maximum atomic E-state index is 12.4.